The lowest BCUT2D eigenvalue weighted by Crippen LogP contribution is -2.13. The molecule has 226 valence electrons. The number of halogens is 2. The zero-order valence-corrected chi connectivity index (χ0v) is 27.1. The molecule has 0 spiro atoms. The second-order valence-corrected chi connectivity index (χ2v) is 11.4. The summed E-state index contributed by atoms with van der Waals surface area (Å²) in [6.07, 6.45) is 1.52. The first-order valence-electron chi connectivity index (χ1n) is 14.3. The first-order chi connectivity index (χ1) is 21.9. The molecule has 0 bridgehead atoms. The Balaban J connectivity index is 1.29. The Morgan fingerprint density at radius 1 is 0.933 bits per heavy atom. The van der Waals surface area contributed by atoms with E-state index < -0.39 is 5.91 Å². The van der Waals surface area contributed by atoms with Gasteiger partial charge in [0.1, 0.15) is 30.6 Å². The Labute approximate surface area is 275 Å². The number of aryl methyl sites for hydroxylation is 1. The summed E-state index contributed by atoms with van der Waals surface area (Å²) >= 11 is 9.81. The van der Waals surface area contributed by atoms with Crippen LogP contribution in [0.5, 0.6) is 17.2 Å². The Morgan fingerprint density at radius 3 is 2.44 bits per heavy atom. The number of nitriles is 1. The number of nitrogens with zero attached hydrogens (tertiary/aromatic N) is 1. The van der Waals surface area contributed by atoms with E-state index in [0.29, 0.717) is 57.8 Å². The average Bonchev–Trinajstić information content (AvgIpc) is 3.04. The van der Waals surface area contributed by atoms with Crippen molar-refractivity contribution in [2.24, 2.45) is 0 Å². The van der Waals surface area contributed by atoms with Crippen LogP contribution >= 0.6 is 27.5 Å². The van der Waals surface area contributed by atoms with Crippen LogP contribution in [0.3, 0.4) is 0 Å². The lowest BCUT2D eigenvalue weighted by Gasteiger charge is -2.17. The van der Waals surface area contributed by atoms with Crippen molar-refractivity contribution >= 4 is 56.0 Å². The molecule has 0 atom stereocenters. The number of anilines is 1. The van der Waals surface area contributed by atoms with E-state index in [1.165, 1.54) is 6.08 Å². The maximum Gasteiger partial charge on any atom is 0.266 e. The molecule has 0 aromatic heterocycles. The van der Waals surface area contributed by atoms with Gasteiger partial charge in [-0.2, -0.15) is 5.26 Å². The highest BCUT2D eigenvalue weighted by atomic mass is 79.9. The monoisotopic (exact) mass is 680 g/mol. The third-order valence-electron chi connectivity index (χ3n) is 7.11. The lowest BCUT2D eigenvalue weighted by atomic mass is 10.0. The van der Waals surface area contributed by atoms with Crippen LogP contribution in [0.15, 0.2) is 107 Å². The van der Waals surface area contributed by atoms with Crippen LogP contribution in [0.25, 0.3) is 16.8 Å². The van der Waals surface area contributed by atoms with Gasteiger partial charge in [-0.25, -0.2) is 0 Å². The summed E-state index contributed by atoms with van der Waals surface area (Å²) in [7, 11) is 0. The van der Waals surface area contributed by atoms with Gasteiger partial charge in [0.05, 0.1) is 11.1 Å². The second-order valence-electron chi connectivity index (χ2n) is 10.2. The van der Waals surface area contributed by atoms with Gasteiger partial charge in [0.25, 0.3) is 5.91 Å². The molecule has 6 nitrogen and oxygen atoms in total. The molecule has 5 aromatic rings. The zero-order valence-electron chi connectivity index (χ0n) is 24.8. The number of nitrogens with one attached hydrogen (secondary N) is 1. The van der Waals surface area contributed by atoms with Crippen molar-refractivity contribution in [3.05, 3.63) is 134 Å². The maximum absolute atomic E-state index is 13.0. The Bertz CT molecular complexity index is 1920. The number of ether oxygens (including phenoxy) is 3. The van der Waals surface area contributed by atoms with Crippen molar-refractivity contribution in [2.75, 3.05) is 11.9 Å². The minimum Gasteiger partial charge on any atom is -0.490 e. The molecule has 0 heterocycles. The molecule has 5 rings (SSSR count). The molecule has 1 amide bonds. The summed E-state index contributed by atoms with van der Waals surface area (Å²) in [4.78, 5) is 13.0. The van der Waals surface area contributed by atoms with Gasteiger partial charge in [-0.15, -0.1) is 0 Å². The van der Waals surface area contributed by atoms with Crippen LogP contribution < -0.4 is 19.5 Å². The van der Waals surface area contributed by atoms with Gasteiger partial charge in [0, 0.05) is 21.8 Å². The van der Waals surface area contributed by atoms with Gasteiger partial charge >= 0.3 is 0 Å². The molecule has 0 radical (unpaired) electrons. The summed E-state index contributed by atoms with van der Waals surface area (Å²) in [5, 5.41) is 15.5. The van der Waals surface area contributed by atoms with Gasteiger partial charge in [0.2, 0.25) is 0 Å². The number of benzene rings is 5. The van der Waals surface area contributed by atoms with Crippen molar-refractivity contribution in [1.82, 2.24) is 0 Å². The highest BCUT2D eigenvalue weighted by Crippen LogP contribution is 2.39. The average molecular weight is 682 g/mol. The van der Waals surface area contributed by atoms with E-state index in [1.807, 2.05) is 49.4 Å². The predicted molar refractivity (Wildman–Crippen MR) is 183 cm³/mol. The van der Waals surface area contributed by atoms with Crippen LogP contribution in [-0.2, 0) is 18.0 Å². The molecule has 0 unspecified atom stereocenters. The van der Waals surface area contributed by atoms with E-state index in [1.54, 1.807) is 36.4 Å². The summed E-state index contributed by atoms with van der Waals surface area (Å²) in [5.74, 6) is 1.13. The molecule has 0 aliphatic rings. The van der Waals surface area contributed by atoms with E-state index in [-0.39, 0.29) is 5.57 Å². The second kappa shape index (κ2) is 14.8. The van der Waals surface area contributed by atoms with Crippen LogP contribution in [0.1, 0.15) is 29.2 Å². The number of hydrogen-bond donors (Lipinski definition) is 1. The summed E-state index contributed by atoms with van der Waals surface area (Å²) in [6.45, 7) is 5.02. The third-order valence-corrected chi connectivity index (χ3v) is 8.07. The first-order valence-corrected chi connectivity index (χ1v) is 15.5. The van der Waals surface area contributed by atoms with Crippen molar-refractivity contribution < 1.29 is 19.0 Å². The lowest BCUT2D eigenvalue weighted by molar-refractivity contribution is -0.112. The van der Waals surface area contributed by atoms with Gasteiger partial charge in [-0.05, 0) is 100 Å². The topological polar surface area (TPSA) is 80.6 Å². The minimum absolute atomic E-state index is 0.0663. The predicted octanol–water partition coefficient (Wildman–Crippen LogP) is 9.67. The van der Waals surface area contributed by atoms with Crippen molar-refractivity contribution in [1.29, 1.82) is 5.26 Å². The maximum atomic E-state index is 13.0. The van der Waals surface area contributed by atoms with E-state index in [0.717, 1.165) is 27.5 Å². The number of carbonyl (C=O) groups excluding carboxylic acids is 1. The molecule has 1 N–H and O–H groups in total. The third kappa shape index (κ3) is 7.85. The molecule has 8 heteroatoms. The fourth-order valence-electron chi connectivity index (χ4n) is 4.78. The van der Waals surface area contributed by atoms with Gasteiger partial charge in [-0.3, -0.25) is 4.79 Å². The van der Waals surface area contributed by atoms with Crippen LogP contribution in [0.4, 0.5) is 5.69 Å². The fourth-order valence-corrected chi connectivity index (χ4v) is 5.54. The molecule has 0 saturated carbocycles. The zero-order chi connectivity index (χ0) is 31.8. The molecular formula is C37H30BrClN2O4. The first kappa shape index (κ1) is 31.6. The molecule has 0 fully saturated rings. The summed E-state index contributed by atoms with van der Waals surface area (Å²) in [6, 6.07) is 32.3. The summed E-state index contributed by atoms with van der Waals surface area (Å²) < 4.78 is 18.7. The molecule has 0 aliphatic carbocycles. The van der Waals surface area contributed by atoms with E-state index in [4.69, 9.17) is 25.8 Å². The Hall–Kier alpha value is -4.77. The van der Waals surface area contributed by atoms with Crippen molar-refractivity contribution in [3.8, 4) is 23.3 Å². The molecular weight excluding hydrogens is 652 g/mol. The van der Waals surface area contributed by atoms with Crippen molar-refractivity contribution in [2.45, 2.75) is 27.1 Å². The molecule has 5 aromatic carbocycles. The number of hydrogen-bond acceptors (Lipinski definition) is 5. The molecule has 0 saturated heterocycles. The number of rotatable bonds is 11. The highest BCUT2D eigenvalue weighted by molar-refractivity contribution is 9.10. The standard InChI is InChI=1S/C37H30BrClN2O4/c1-3-43-35-20-25(19-33(38)36(35)45-23-32-24(2)12-13-26-8-4-6-10-31(26)32)18-28(21-40)37(42)41-29-14-16-30(17-15-29)44-22-27-9-5-7-11-34(27)39/h4-20H,3,22-23H2,1-2H3,(H,41,42)/b28-18+. The van der Waals surface area contributed by atoms with Crippen LogP contribution in [0, 0.1) is 18.3 Å². The highest BCUT2D eigenvalue weighted by Gasteiger charge is 2.16. The van der Waals surface area contributed by atoms with E-state index in [9.17, 15) is 10.1 Å². The fraction of sp³-hybridized carbons (Fsp3) is 0.135. The summed E-state index contributed by atoms with van der Waals surface area (Å²) in [5.41, 5.74) is 4.16. The van der Waals surface area contributed by atoms with E-state index in [2.05, 4.69) is 52.4 Å². The SMILES string of the molecule is CCOc1cc(/C=C(\C#N)C(=O)Nc2ccc(OCc3ccccc3Cl)cc2)cc(Br)c1OCc1c(C)ccc2ccccc12. The number of carbonyl (C=O) groups is 1. The molecule has 45 heavy (non-hydrogen) atoms. The largest absolute Gasteiger partial charge is 0.490 e. The Morgan fingerprint density at radius 2 is 1.69 bits per heavy atom. The number of fused-ring (bicyclic) bond motifs is 1. The smallest absolute Gasteiger partial charge is 0.266 e. The van der Waals surface area contributed by atoms with Gasteiger partial charge in [-0.1, -0.05) is 66.2 Å². The van der Waals surface area contributed by atoms with Gasteiger partial charge < -0.3 is 19.5 Å². The van der Waals surface area contributed by atoms with Gasteiger partial charge in [0.15, 0.2) is 11.5 Å². The Kier molecular flexibility index (Phi) is 10.4. The number of amides is 1. The van der Waals surface area contributed by atoms with Crippen molar-refractivity contribution in [3.63, 3.8) is 0 Å². The van der Waals surface area contributed by atoms with Crippen LogP contribution in [-0.4, -0.2) is 12.5 Å². The van der Waals surface area contributed by atoms with E-state index >= 15 is 0 Å². The quantitative estimate of drug-likeness (QED) is 0.111. The normalized spacial score (nSPS) is 11.1. The minimum atomic E-state index is -0.539. The molecule has 0 aliphatic heterocycles. The van der Waals surface area contributed by atoms with Crippen LogP contribution in [0.2, 0.25) is 5.02 Å².